The Morgan fingerprint density at radius 3 is 2.53 bits per heavy atom. The van der Waals surface area contributed by atoms with Gasteiger partial charge in [-0.2, -0.15) is 9.98 Å². The first kappa shape index (κ1) is 11.3. The number of carbonyl (C=O) groups excluding carboxylic acids is 2. The van der Waals surface area contributed by atoms with Crippen LogP contribution in [0.1, 0.15) is 11.1 Å². The molecule has 90 valence electrons. The average Bonchev–Trinajstić information content (AvgIpc) is 2.77. The zero-order valence-electron chi connectivity index (χ0n) is 9.88. The molecule has 0 heterocycles. The third-order valence-electron chi connectivity index (χ3n) is 3.19. The number of benzene rings is 2. The van der Waals surface area contributed by atoms with Crippen LogP contribution < -0.4 is 0 Å². The largest absolute Gasteiger partial charge is 0.240 e. The molecule has 4 heteroatoms. The highest BCUT2D eigenvalue weighted by Crippen LogP contribution is 2.44. The van der Waals surface area contributed by atoms with Gasteiger partial charge in [-0.05, 0) is 35.2 Å². The molecule has 0 saturated heterocycles. The third kappa shape index (κ3) is 1.81. The quantitative estimate of drug-likeness (QED) is 0.516. The van der Waals surface area contributed by atoms with Crippen molar-refractivity contribution in [1.29, 1.82) is 0 Å². The fraction of sp³-hybridized carbons (Fsp3) is 0.0667. The summed E-state index contributed by atoms with van der Waals surface area (Å²) in [6.07, 6.45) is 3.79. The first-order valence-corrected chi connectivity index (χ1v) is 5.74. The lowest BCUT2D eigenvalue weighted by molar-refractivity contribution is 0.565. The van der Waals surface area contributed by atoms with Crippen LogP contribution >= 0.6 is 0 Å². The van der Waals surface area contributed by atoms with E-state index in [1.165, 1.54) is 11.6 Å². The van der Waals surface area contributed by atoms with Crippen molar-refractivity contribution >= 4 is 23.5 Å². The number of nitrogens with zero attached hydrogens (tertiary/aromatic N) is 2. The normalized spacial score (nSPS) is 10.9. The highest BCUT2D eigenvalue weighted by molar-refractivity contribution is 5.88. The van der Waals surface area contributed by atoms with Crippen LogP contribution in [0.2, 0.25) is 0 Å². The van der Waals surface area contributed by atoms with Gasteiger partial charge < -0.3 is 0 Å². The summed E-state index contributed by atoms with van der Waals surface area (Å²) < 4.78 is 0. The smallest absolute Gasteiger partial charge is 0.211 e. The van der Waals surface area contributed by atoms with Crippen LogP contribution in [0.4, 0.5) is 11.4 Å². The van der Waals surface area contributed by atoms with E-state index in [4.69, 9.17) is 0 Å². The Morgan fingerprint density at radius 1 is 0.947 bits per heavy atom. The maximum Gasteiger partial charge on any atom is 0.240 e. The molecule has 0 atom stereocenters. The Hall–Kier alpha value is -2.80. The van der Waals surface area contributed by atoms with Gasteiger partial charge in [-0.1, -0.05) is 24.3 Å². The van der Waals surface area contributed by atoms with Crippen LogP contribution in [0.5, 0.6) is 0 Å². The molecule has 0 unspecified atom stereocenters. The molecule has 0 radical (unpaired) electrons. The van der Waals surface area contributed by atoms with Gasteiger partial charge in [-0.25, -0.2) is 9.59 Å². The van der Waals surface area contributed by atoms with Gasteiger partial charge in [0.1, 0.15) is 0 Å². The van der Waals surface area contributed by atoms with Crippen molar-refractivity contribution in [2.75, 3.05) is 0 Å². The van der Waals surface area contributed by atoms with Crippen LogP contribution in [-0.2, 0) is 16.0 Å². The van der Waals surface area contributed by atoms with E-state index in [-0.39, 0.29) is 0 Å². The highest BCUT2D eigenvalue weighted by atomic mass is 16.1. The fourth-order valence-corrected chi connectivity index (χ4v) is 2.50. The van der Waals surface area contributed by atoms with Gasteiger partial charge in [-0.3, -0.25) is 0 Å². The molecule has 0 spiro atoms. The summed E-state index contributed by atoms with van der Waals surface area (Å²) in [5.74, 6) is 0. The monoisotopic (exact) mass is 248 g/mol. The number of hydrogen-bond donors (Lipinski definition) is 0. The Morgan fingerprint density at radius 2 is 1.74 bits per heavy atom. The lowest BCUT2D eigenvalue weighted by Gasteiger charge is -2.05. The van der Waals surface area contributed by atoms with Crippen molar-refractivity contribution in [3.05, 3.63) is 47.5 Å². The van der Waals surface area contributed by atoms with Crippen molar-refractivity contribution in [3.63, 3.8) is 0 Å². The number of isocyanates is 2. The Labute approximate surface area is 109 Å². The predicted molar refractivity (Wildman–Crippen MR) is 70.2 cm³/mol. The minimum Gasteiger partial charge on any atom is -0.211 e. The lowest BCUT2D eigenvalue weighted by Crippen LogP contribution is -1.81. The van der Waals surface area contributed by atoms with Crippen molar-refractivity contribution in [2.24, 2.45) is 9.98 Å². The van der Waals surface area contributed by atoms with E-state index in [9.17, 15) is 9.59 Å². The molecule has 0 fully saturated rings. The highest BCUT2D eigenvalue weighted by Gasteiger charge is 2.22. The zero-order chi connectivity index (χ0) is 13.2. The topological polar surface area (TPSA) is 58.9 Å². The van der Waals surface area contributed by atoms with E-state index in [0.29, 0.717) is 11.4 Å². The lowest BCUT2D eigenvalue weighted by atomic mass is 10.0. The van der Waals surface area contributed by atoms with E-state index in [1.807, 2.05) is 30.3 Å². The maximum absolute atomic E-state index is 10.6. The molecule has 4 nitrogen and oxygen atoms in total. The Kier molecular flexibility index (Phi) is 2.66. The molecule has 0 amide bonds. The molecule has 2 aromatic carbocycles. The first-order valence-electron chi connectivity index (χ1n) is 5.74. The molecule has 3 rings (SSSR count). The van der Waals surface area contributed by atoms with Gasteiger partial charge in [0.05, 0.1) is 11.4 Å². The summed E-state index contributed by atoms with van der Waals surface area (Å²) in [4.78, 5) is 28.2. The molecule has 0 N–H and O–H groups in total. The molecule has 1 aliphatic rings. The summed E-state index contributed by atoms with van der Waals surface area (Å²) >= 11 is 0. The SMILES string of the molecule is O=C=Nc1cc2c(c(N=C=O)c1)-c1ccccc1C2. The summed E-state index contributed by atoms with van der Waals surface area (Å²) in [7, 11) is 0. The first-order chi connectivity index (χ1) is 9.33. The van der Waals surface area contributed by atoms with Crippen molar-refractivity contribution in [2.45, 2.75) is 6.42 Å². The molecular weight excluding hydrogens is 240 g/mol. The van der Waals surface area contributed by atoms with Crippen molar-refractivity contribution < 1.29 is 9.59 Å². The van der Waals surface area contributed by atoms with E-state index < -0.39 is 0 Å². The third-order valence-corrected chi connectivity index (χ3v) is 3.19. The van der Waals surface area contributed by atoms with Gasteiger partial charge in [0.2, 0.25) is 12.2 Å². The van der Waals surface area contributed by atoms with Crippen LogP contribution in [0.25, 0.3) is 11.1 Å². The molecule has 0 aromatic heterocycles. The average molecular weight is 248 g/mol. The molecule has 0 saturated carbocycles. The van der Waals surface area contributed by atoms with Crippen molar-refractivity contribution in [3.8, 4) is 11.1 Å². The van der Waals surface area contributed by atoms with Crippen LogP contribution in [0.15, 0.2) is 46.4 Å². The Bertz CT molecular complexity index is 768. The number of rotatable bonds is 2. The molecule has 0 aliphatic heterocycles. The summed E-state index contributed by atoms with van der Waals surface area (Å²) in [6.45, 7) is 0. The van der Waals surface area contributed by atoms with E-state index in [1.54, 1.807) is 12.1 Å². The second-order valence-electron chi connectivity index (χ2n) is 4.24. The molecule has 1 aliphatic carbocycles. The van der Waals surface area contributed by atoms with Gasteiger partial charge in [-0.15, -0.1) is 0 Å². The van der Waals surface area contributed by atoms with E-state index in [0.717, 1.165) is 23.1 Å². The Balaban J connectivity index is 2.31. The molecule has 2 aromatic rings. The van der Waals surface area contributed by atoms with Gasteiger partial charge >= 0.3 is 0 Å². The van der Waals surface area contributed by atoms with E-state index >= 15 is 0 Å². The number of aliphatic imine (C=N–C) groups is 2. The fourth-order valence-electron chi connectivity index (χ4n) is 2.50. The molecule has 0 bridgehead atoms. The summed E-state index contributed by atoms with van der Waals surface area (Å²) in [6, 6.07) is 11.4. The summed E-state index contributed by atoms with van der Waals surface area (Å²) in [5.41, 5.74) is 5.11. The molecular formula is C15H8N2O2. The summed E-state index contributed by atoms with van der Waals surface area (Å²) in [5, 5.41) is 0. The number of fused-ring (bicyclic) bond motifs is 3. The van der Waals surface area contributed by atoms with Gasteiger partial charge in [0.25, 0.3) is 0 Å². The second kappa shape index (κ2) is 4.46. The van der Waals surface area contributed by atoms with Gasteiger partial charge in [0, 0.05) is 5.56 Å². The minimum atomic E-state index is 0.454. The standard InChI is InChI=1S/C15H8N2O2/c18-8-16-12-6-11-5-10-3-1-2-4-13(10)15(11)14(7-12)17-9-19/h1-4,6-7H,5H2. The maximum atomic E-state index is 10.6. The zero-order valence-corrected chi connectivity index (χ0v) is 9.88. The number of hydrogen-bond acceptors (Lipinski definition) is 4. The van der Waals surface area contributed by atoms with E-state index in [2.05, 4.69) is 9.98 Å². The molecule has 19 heavy (non-hydrogen) atoms. The predicted octanol–water partition coefficient (Wildman–Crippen LogP) is 3.19. The van der Waals surface area contributed by atoms with Crippen LogP contribution in [0, 0.1) is 0 Å². The van der Waals surface area contributed by atoms with Crippen LogP contribution in [-0.4, -0.2) is 12.2 Å². The van der Waals surface area contributed by atoms with Gasteiger partial charge in [0.15, 0.2) is 0 Å². The van der Waals surface area contributed by atoms with Crippen LogP contribution in [0.3, 0.4) is 0 Å². The second-order valence-corrected chi connectivity index (χ2v) is 4.24. The minimum absolute atomic E-state index is 0.454. The van der Waals surface area contributed by atoms with Crippen molar-refractivity contribution in [1.82, 2.24) is 0 Å².